The molecule has 0 radical (unpaired) electrons. The number of halogens is 1. The largest absolute Gasteiger partial charge is 0.316 e. The number of benzene rings is 1. The van der Waals surface area contributed by atoms with E-state index in [-0.39, 0.29) is 11.7 Å². The first-order chi connectivity index (χ1) is 9.70. The van der Waals surface area contributed by atoms with Gasteiger partial charge in [0, 0.05) is 25.7 Å². The highest BCUT2D eigenvalue weighted by atomic mass is 19.1. The van der Waals surface area contributed by atoms with E-state index < -0.39 is 0 Å². The Hall–Kier alpha value is -1.68. The van der Waals surface area contributed by atoms with Gasteiger partial charge < -0.3 is 5.32 Å². The molecule has 1 N–H and O–H groups in total. The molecule has 1 aromatic carbocycles. The Morgan fingerprint density at radius 3 is 2.75 bits per heavy atom. The smallest absolute Gasteiger partial charge is 0.126 e. The summed E-state index contributed by atoms with van der Waals surface area (Å²) in [5, 5.41) is 7.79. The van der Waals surface area contributed by atoms with Crippen LogP contribution in [0.25, 0.3) is 0 Å². The van der Waals surface area contributed by atoms with Crippen molar-refractivity contribution >= 4 is 0 Å². The fourth-order valence-electron chi connectivity index (χ4n) is 2.38. The molecular formula is C16H22FN3. The maximum atomic E-state index is 14.0. The van der Waals surface area contributed by atoms with E-state index in [1.807, 2.05) is 31.4 Å². The first kappa shape index (κ1) is 14.7. The van der Waals surface area contributed by atoms with Crippen LogP contribution in [-0.4, -0.2) is 22.9 Å². The number of rotatable bonds is 7. The lowest BCUT2D eigenvalue weighted by molar-refractivity contribution is 0.531. The van der Waals surface area contributed by atoms with E-state index in [0.29, 0.717) is 0 Å². The Morgan fingerprint density at radius 2 is 2.10 bits per heavy atom. The van der Waals surface area contributed by atoms with E-state index in [1.54, 1.807) is 10.7 Å². The molecule has 1 atom stereocenters. The molecule has 0 aliphatic rings. The molecule has 108 valence electrons. The Bertz CT molecular complexity index is 536. The van der Waals surface area contributed by atoms with Gasteiger partial charge in [-0.3, -0.25) is 4.68 Å². The van der Waals surface area contributed by atoms with E-state index in [1.165, 1.54) is 6.07 Å². The minimum atomic E-state index is -0.133. The van der Waals surface area contributed by atoms with Gasteiger partial charge in [0.25, 0.3) is 0 Å². The highest BCUT2D eigenvalue weighted by Crippen LogP contribution is 2.22. The van der Waals surface area contributed by atoms with Crippen molar-refractivity contribution in [2.75, 3.05) is 13.1 Å². The van der Waals surface area contributed by atoms with Crippen LogP contribution >= 0.6 is 0 Å². The lowest BCUT2D eigenvalue weighted by Gasteiger charge is -2.17. The zero-order valence-corrected chi connectivity index (χ0v) is 12.1. The lowest BCUT2D eigenvalue weighted by atomic mass is 9.93. The Balaban J connectivity index is 2.13. The van der Waals surface area contributed by atoms with Gasteiger partial charge in [-0.15, -0.1) is 0 Å². The van der Waals surface area contributed by atoms with Gasteiger partial charge in [-0.25, -0.2) is 4.39 Å². The third-order valence-corrected chi connectivity index (χ3v) is 3.39. The van der Waals surface area contributed by atoms with Crippen LogP contribution in [0.4, 0.5) is 4.39 Å². The van der Waals surface area contributed by atoms with Crippen molar-refractivity contribution in [3.05, 3.63) is 53.6 Å². The Kier molecular flexibility index (Phi) is 5.30. The molecular weight excluding hydrogens is 253 g/mol. The van der Waals surface area contributed by atoms with Crippen molar-refractivity contribution in [2.45, 2.75) is 25.7 Å². The molecule has 0 amide bonds. The van der Waals surface area contributed by atoms with E-state index in [4.69, 9.17) is 0 Å². The minimum Gasteiger partial charge on any atom is -0.316 e. The zero-order chi connectivity index (χ0) is 14.4. The number of hydrogen-bond acceptors (Lipinski definition) is 2. The van der Waals surface area contributed by atoms with Crippen LogP contribution in [0.2, 0.25) is 0 Å². The van der Waals surface area contributed by atoms with Gasteiger partial charge >= 0.3 is 0 Å². The summed E-state index contributed by atoms with van der Waals surface area (Å²) in [5.74, 6) is -0.0237. The van der Waals surface area contributed by atoms with E-state index in [9.17, 15) is 4.39 Å². The maximum Gasteiger partial charge on any atom is 0.126 e. The Morgan fingerprint density at radius 1 is 1.30 bits per heavy atom. The van der Waals surface area contributed by atoms with E-state index >= 15 is 0 Å². The van der Waals surface area contributed by atoms with Crippen LogP contribution in [0.15, 0.2) is 36.5 Å². The highest BCUT2D eigenvalue weighted by molar-refractivity contribution is 5.24. The van der Waals surface area contributed by atoms with Crippen LogP contribution in [-0.2, 0) is 13.5 Å². The van der Waals surface area contributed by atoms with Crippen molar-refractivity contribution in [3.8, 4) is 0 Å². The number of nitrogens with zero attached hydrogens (tertiary/aromatic N) is 2. The van der Waals surface area contributed by atoms with Gasteiger partial charge in [-0.2, -0.15) is 5.10 Å². The topological polar surface area (TPSA) is 29.9 Å². The standard InChI is InChI=1S/C16H22FN3/c1-3-9-18-12-13(11-14-8-10-20(2)19-14)15-6-4-5-7-16(15)17/h4-8,10,13,18H,3,9,11-12H2,1-2H3. The van der Waals surface area contributed by atoms with Crippen LogP contribution in [0.3, 0.4) is 0 Å². The van der Waals surface area contributed by atoms with Crippen LogP contribution < -0.4 is 5.32 Å². The number of nitrogens with one attached hydrogen (secondary N) is 1. The summed E-state index contributed by atoms with van der Waals surface area (Å²) in [6.45, 7) is 3.85. The van der Waals surface area contributed by atoms with Crippen molar-refractivity contribution in [3.63, 3.8) is 0 Å². The van der Waals surface area contributed by atoms with Gasteiger partial charge in [0.2, 0.25) is 0 Å². The second kappa shape index (κ2) is 7.20. The fraction of sp³-hybridized carbons (Fsp3) is 0.438. The van der Waals surface area contributed by atoms with Crippen molar-refractivity contribution < 1.29 is 4.39 Å². The predicted molar refractivity (Wildman–Crippen MR) is 79.2 cm³/mol. The molecule has 2 aromatic rings. The molecule has 0 spiro atoms. The molecule has 1 unspecified atom stereocenters. The van der Waals surface area contributed by atoms with Gasteiger partial charge in [0.15, 0.2) is 0 Å². The van der Waals surface area contributed by atoms with Gasteiger partial charge in [0.1, 0.15) is 5.82 Å². The molecule has 3 nitrogen and oxygen atoms in total. The average molecular weight is 275 g/mol. The monoisotopic (exact) mass is 275 g/mol. The quantitative estimate of drug-likeness (QED) is 0.787. The zero-order valence-electron chi connectivity index (χ0n) is 12.1. The number of hydrogen-bond donors (Lipinski definition) is 1. The fourth-order valence-corrected chi connectivity index (χ4v) is 2.38. The summed E-state index contributed by atoms with van der Waals surface area (Å²) in [4.78, 5) is 0. The van der Waals surface area contributed by atoms with Gasteiger partial charge in [0.05, 0.1) is 5.69 Å². The van der Waals surface area contributed by atoms with E-state index in [0.717, 1.165) is 37.2 Å². The molecule has 1 aromatic heterocycles. The summed E-state index contributed by atoms with van der Waals surface area (Å²) >= 11 is 0. The first-order valence-electron chi connectivity index (χ1n) is 7.14. The van der Waals surface area contributed by atoms with Gasteiger partial charge in [-0.05, 0) is 37.1 Å². The summed E-state index contributed by atoms with van der Waals surface area (Å²) in [7, 11) is 1.90. The minimum absolute atomic E-state index is 0.109. The highest BCUT2D eigenvalue weighted by Gasteiger charge is 2.17. The van der Waals surface area contributed by atoms with Crippen LogP contribution in [0.1, 0.15) is 30.5 Å². The number of aromatic nitrogens is 2. The predicted octanol–water partition coefficient (Wildman–Crippen LogP) is 2.89. The second-order valence-electron chi connectivity index (χ2n) is 5.11. The summed E-state index contributed by atoms with van der Waals surface area (Å²) in [6, 6.07) is 9.02. The summed E-state index contributed by atoms with van der Waals surface area (Å²) in [5.41, 5.74) is 1.76. The molecule has 0 saturated carbocycles. The second-order valence-corrected chi connectivity index (χ2v) is 5.11. The number of aryl methyl sites for hydroxylation is 1. The van der Waals surface area contributed by atoms with Crippen molar-refractivity contribution in [2.24, 2.45) is 7.05 Å². The molecule has 0 fully saturated rings. The molecule has 0 aliphatic carbocycles. The summed E-state index contributed by atoms with van der Waals surface area (Å²) < 4.78 is 15.8. The molecule has 20 heavy (non-hydrogen) atoms. The van der Waals surface area contributed by atoms with Crippen molar-refractivity contribution in [1.29, 1.82) is 0 Å². The first-order valence-corrected chi connectivity index (χ1v) is 7.14. The molecule has 0 aliphatic heterocycles. The third kappa shape index (κ3) is 3.90. The van der Waals surface area contributed by atoms with Crippen LogP contribution in [0, 0.1) is 5.82 Å². The third-order valence-electron chi connectivity index (χ3n) is 3.39. The summed E-state index contributed by atoms with van der Waals surface area (Å²) in [6.07, 6.45) is 3.75. The van der Waals surface area contributed by atoms with Crippen LogP contribution in [0.5, 0.6) is 0 Å². The Labute approximate surface area is 119 Å². The normalized spacial score (nSPS) is 12.6. The molecule has 4 heteroatoms. The molecule has 2 rings (SSSR count). The van der Waals surface area contributed by atoms with E-state index in [2.05, 4.69) is 17.3 Å². The maximum absolute atomic E-state index is 14.0. The van der Waals surface area contributed by atoms with Gasteiger partial charge in [-0.1, -0.05) is 25.1 Å². The molecule has 0 saturated heterocycles. The SMILES string of the molecule is CCCNCC(Cc1ccn(C)n1)c1ccccc1F. The molecule has 0 bridgehead atoms. The molecule has 1 heterocycles. The lowest BCUT2D eigenvalue weighted by Crippen LogP contribution is -2.24. The van der Waals surface area contributed by atoms with Crippen molar-refractivity contribution in [1.82, 2.24) is 15.1 Å². The average Bonchev–Trinajstić information content (AvgIpc) is 2.84.